The number of halogens is 1. The van der Waals surface area contributed by atoms with Gasteiger partial charge < -0.3 is 5.32 Å². The Kier molecular flexibility index (Phi) is 4.95. The molecule has 0 heterocycles. The summed E-state index contributed by atoms with van der Waals surface area (Å²) in [6.45, 7) is 5.55. The molecule has 106 valence electrons. The number of aliphatic imine (C=N–C) groups is 1. The molecule has 2 rings (SSSR count). The predicted molar refractivity (Wildman–Crippen MR) is 92.1 cm³/mol. The minimum Gasteiger partial charge on any atom is -0.344 e. The maximum atomic E-state index is 12.9. The van der Waals surface area contributed by atoms with E-state index in [0.717, 1.165) is 22.5 Å². The lowest BCUT2D eigenvalue weighted by atomic mass is 10.1. The highest BCUT2D eigenvalue weighted by Gasteiger charge is 2.08. The molecule has 21 heavy (non-hydrogen) atoms. The molecule has 0 aliphatic heterocycles. The molecule has 0 saturated carbocycles. The fourth-order valence-electron chi connectivity index (χ4n) is 1.95. The average Bonchev–Trinajstić information content (AvgIpc) is 2.48. The van der Waals surface area contributed by atoms with Crippen LogP contribution in [0.15, 0.2) is 53.5 Å². The van der Waals surface area contributed by atoms with E-state index in [2.05, 4.69) is 17.0 Å². The summed E-state index contributed by atoms with van der Waals surface area (Å²) >= 11 is 5.35. The zero-order chi connectivity index (χ0) is 15.2. The Morgan fingerprint density at radius 1 is 1.24 bits per heavy atom. The molecule has 0 atom stereocenters. The molecule has 0 saturated heterocycles. The van der Waals surface area contributed by atoms with Gasteiger partial charge in [0, 0.05) is 11.1 Å². The predicted octanol–water partition coefficient (Wildman–Crippen LogP) is 4.98. The van der Waals surface area contributed by atoms with Gasteiger partial charge in [0.1, 0.15) is 10.8 Å². The summed E-state index contributed by atoms with van der Waals surface area (Å²) in [5.74, 6) is -0.287. The number of anilines is 1. The Labute approximate surface area is 129 Å². The maximum absolute atomic E-state index is 12.9. The molecular weight excluding hydrogens is 283 g/mol. The van der Waals surface area contributed by atoms with Gasteiger partial charge in [0.15, 0.2) is 0 Å². The first-order valence-electron chi connectivity index (χ1n) is 6.45. The first kappa shape index (κ1) is 15.1. The zero-order valence-corrected chi connectivity index (χ0v) is 12.5. The molecule has 0 aromatic heterocycles. The van der Waals surface area contributed by atoms with E-state index in [1.165, 1.54) is 12.1 Å². The lowest BCUT2D eigenvalue weighted by molar-refractivity contribution is 0.628. The molecule has 0 amide bonds. The SMILES string of the molecule is C=Nc1c(/C=C\C)cccc1NC(=S)c1ccc(F)cc1. The van der Waals surface area contributed by atoms with E-state index in [1.807, 2.05) is 37.3 Å². The van der Waals surface area contributed by atoms with Crippen molar-refractivity contribution in [3.8, 4) is 0 Å². The summed E-state index contributed by atoms with van der Waals surface area (Å²) in [5, 5.41) is 3.14. The zero-order valence-electron chi connectivity index (χ0n) is 11.6. The lowest BCUT2D eigenvalue weighted by Gasteiger charge is -2.12. The molecule has 0 spiro atoms. The normalized spacial score (nSPS) is 10.6. The van der Waals surface area contributed by atoms with Gasteiger partial charge in [-0.2, -0.15) is 0 Å². The molecule has 0 aliphatic carbocycles. The molecule has 0 unspecified atom stereocenters. The maximum Gasteiger partial charge on any atom is 0.123 e. The third-order valence-corrected chi connectivity index (χ3v) is 3.26. The Balaban J connectivity index is 2.31. The van der Waals surface area contributed by atoms with Crippen LogP contribution in [0.25, 0.3) is 6.08 Å². The number of allylic oxidation sites excluding steroid dienone is 1. The first-order chi connectivity index (χ1) is 10.2. The second-order valence-corrected chi connectivity index (χ2v) is 4.77. The number of benzene rings is 2. The topological polar surface area (TPSA) is 24.4 Å². The summed E-state index contributed by atoms with van der Waals surface area (Å²) in [5.41, 5.74) is 3.22. The molecular formula is C17H15FN2S. The van der Waals surface area contributed by atoms with Crippen molar-refractivity contribution in [3.63, 3.8) is 0 Å². The summed E-state index contributed by atoms with van der Waals surface area (Å²) in [6.07, 6.45) is 3.89. The van der Waals surface area contributed by atoms with Crippen molar-refractivity contribution in [2.75, 3.05) is 5.32 Å². The fraction of sp³-hybridized carbons (Fsp3) is 0.0588. The van der Waals surface area contributed by atoms with E-state index in [9.17, 15) is 4.39 Å². The molecule has 1 N–H and O–H groups in total. The molecule has 2 aromatic carbocycles. The molecule has 2 nitrogen and oxygen atoms in total. The van der Waals surface area contributed by atoms with E-state index in [1.54, 1.807) is 12.1 Å². The molecule has 0 fully saturated rings. The molecule has 0 bridgehead atoms. The highest BCUT2D eigenvalue weighted by Crippen LogP contribution is 2.30. The Bertz CT molecular complexity index is 690. The van der Waals surface area contributed by atoms with E-state index in [4.69, 9.17) is 12.2 Å². The van der Waals surface area contributed by atoms with Gasteiger partial charge in [-0.05, 0) is 44.0 Å². The van der Waals surface area contributed by atoms with Gasteiger partial charge in [0.25, 0.3) is 0 Å². The third kappa shape index (κ3) is 3.61. The van der Waals surface area contributed by atoms with Crippen LogP contribution >= 0.6 is 12.2 Å². The van der Waals surface area contributed by atoms with Crippen molar-refractivity contribution in [2.24, 2.45) is 4.99 Å². The Morgan fingerprint density at radius 2 is 1.95 bits per heavy atom. The molecule has 0 radical (unpaired) electrons. The molecule has 2 aromatic rings. The second kappa shape index (κ2) is 6.90. The number of hydrogen-bond donors (Lipinski definition) is 1. The van der Waals surface area contributed by atoms with Crippen LogP contribution in [-0.4, -0.2) is 11.7 Å². The quantitative estimate of drug-likeness (QED) is 0.636. The van der Waals surface area contributed by atoms with Gasteiger partial charge in [-0.15, -0.1) is 0 Å². The lowest BCUT2D eigenvalue weighted by Crippen LogP contribution is -2.10. The Hall–Kier alpha value is -2.33. The van der Waals surface area contributed by atoms with Gasteiger partial charge in [-0.1, -0.05) is 36.5 Å². The Morgan fingerprint density at radius 3 is 2.57 bits per heavy atom. The van der Waals surface area contributed by atoms with Crippen LogP contribution in [0.1, 0.15) is 18.1 Å². The fourth-order valence-corrected chi connectivity index (χ4v) is 2.19. The van der Waals surface area contributed by atoms with Crippen LogP contribution in [0.5, 0.6) is 0 Å². The number of nitrogens with one attached hydrogen (secondary N) is 1. The molecule has 4 heteroatoms. The van der Waals surface area contributed by atoms with Crippen LogP contribution in [0, 0.1) is 5.82 Å². The van der Waals surface area contributed by atoms with Crippen LogP contribution in [0.3, 0.4) is 0 Å². The number of thiocarbonyl (C=S) groups is 1. The standard InChI is InChI=1S/C17H15FN2S/c1-3-5-12-6-4-7-15(16(12)19-2)20-17(21)13-8-10-14(18)11-9-13/h3-11H,2H2,1H3,(H,20,21)/b5-3-. The van der Waals surface area contributed by atoms with E-state index < -0.39 is 0 Å². The van der Waals surface area contributed by atoms with Crippen molar-refractivity contribution in [3.05, 3.63) is 65.5 Å². The van der Waals surface area contributed by atoms with Crippen molar-refractivity contribution >= 4 is 41.4 Å². The smallest absolute Gasteiger partial charge is 0.123 e. The van der Waals surface area contributed by atoms with Crippen LogP contribution < -0.4 is 5.32 Å². The first-order valence-corrected chi connectivity index (χ1v) is 6.86. The number of hydrogen-bond acceptors (Lipinski definition) is 2. The highest BCUT2D eigenvalue weighted by molar-refractivity contribution is 7.81. The third-order valence-electron chi connectivity index (χ3n) is 2.93. The van der Waals surface area contributed by atoms with Gasteiger partial charge in [-0.3, -0.25) is 4.99 Å². The average molecular weight is 298 g/mol. The van der Waals surface area contributed by atoms with E-state index >= 15 is 0 Å². The van der Waals surface area contributed by atoms with Gasteiger partial charge >= 0.3 is 0 Å². The van der Waals surface area contributed by atoms with Gasteiger partial charge in [0.05, 0.1) is 11.4 Å². The monoisotopic (exact) mass is 298 g/mol. The van der Waals surface area contributed by atoms with E-state index in [-0.39, 0.29) is 5.82 Å². The van der Waals surface area contributed by atoms with Crippen molar-refractivity contribution < 1.29 is 4.39 Å². The number of para-hydroxylation sites is 1. The van der Waals surface area contributed by atoms with E-state index in [0.29, 0.717) is 4.99 Å². The van der Waals surface area contributed by atoms with Gasteiger partial charge in [-0.25, -0.2) is 4.39 Å². The highest BCUT2D eigenvalue weighted by atomic mass is 32.1. The van der Waals surface area contributed by atoms with Crippen molar-refractivity contribution in [1.29, 1.82) is 0 Å². The largest absolute Gasteiger partial charge is 0.344 e. The van der Waals surface area contributed by atoms with Gasteiger partial charge in [0.2, 0.25) is 0 Å². The van der Waals surface area contributed by atoms with Crippen LogP contribution in [0.4, 0.5) is 15.8 Å². The number of nitrogens with zero attached hydrogens (tertiary/aromatic N) is 1. The second-order valence-electron chi connectivity index (χ2n) is 4.36. The van der Waals surface area contributed by atoms with Crippen molar-refractivity contribution in [1.82, 2.24) is 0 Å². The minimum atomic E-state index is -0.287. The summed E-state index contributed by atoms with van der Waals surface area (Å²) in [6, 6.07) is 11.8. The summed E-state index contributed by atoms with van der Waals surface area (Å²) < 4.78 is 12.9. The summed E-state index contributed by atoms with van der Waals surface area (Å²) in [7, 11) is 0. The summed E-state index contributed by atoms with van der Waals surface area (Å²) in [4.78, 5) is 4.58. The number of rotatable bonds is 4. The van der Waals surface area contributed by atoms with Crippen LogP contribution in [0.2, 0.25) is 0 Å². The molecule has 0 aliphatic rings. The van der Waals surface area contributed by atoms with Crippen molar-refractivity contribution in [2.45, 2.75) is 6.92 Å². The minimum absolute atomic E-state index is 0.287. The van der Waals surface area contributed by atoms with Crippen LogP contribution in [-0.2, 0) is 0 Å².